The fourth-order valence-corrected chi connectivity index (χ4v) is 3.84. The van der Waals surface area contributed by atoms with E-state index in [0.29, 0.717) is 20.6 Å². The van der Waals surface area contributed by atoms with Crippen LogP contribution in [-0.4, -0.2) is 38.9 Å². The van der Waals surface area contributed by atoms with Crippen LogP contribution >= 0.6 is 22.9 Å². The van der Waals surface area contributed by atoms with E-state index in [1.165, 1.54) is 36.8 Å². The van der Waals surface area contributed by atoms with Crippen molar-refractivity contribution in [2.45, 2.75) is 25.8 Å². The van der Waals surface area contributed by atoms with Gasteiger partial charge in [0, 0.05) is 25.0 Å². The molecule has 9 heteroatoms. The predicted molar refractivity (Wildman–Crippen MR) is 113 cm³/mol. The lowest BCUT2D eigenvalue weighted by Crippen LogP contribution is -2.27. The largest absolute Gasteiger partial charge is 0.403 e. The van der Waals surface area contributed by atoms with Crippen molar-refractivity contribution in [3.8, 4) is 0 Å². The molecule has 1 saturated heterocycles. The van der Waals surface area contributed by atoms with Crippen LogP contribution in [0.4, 0.5) is 0 Å². The Morgan fingerprint density at radius 3 is 2.79 bits per heavy atom. The van der Waals surface area contributed by atoms with Gasteiger partial charge in [0.15, 0.2) is 0 Å². The van der Waals surface area contributed by atoms with E-state index in [2.05, 4.69) is 27.1 Å². The van der Waals surface area contributed by atoms with Gasteiger partial charge < -0.3 is 16.0 Å². The number of likely N-dealkylation sites (tertiary alicyclic amines) is 1. The minimum atomic E-state index is -0.196. The Morgan fingerprint density at radius 2 is 2.11 bits per heavy atom. The first kappa shape index (κ1) is 20.2. The number of nitrogens with one attached hydrogen (secondary N) is 1. The molecule has 0 atom stereocenters. The quantitative estimate of drug-likeness (QED) is 0.674. The summed E-state index contributed by atoms with van der Waals surface area (Å²) >= 11 is 7.09. The number of halogens is 1. The van der Waals surface area contributed by atoms with Gasteiger partial charge in [0.2, 0.25) is 0 Å². The first-order valence-corrected chi connectivity index (χ1v) is 10.3. The van der Waals surface area contributed by atoms with Crippen LogP contribution in [0.1, 0.15) is 34.6 Å². The van der Waals surface area contributed by atoms with E-state index >= 15 is 0 Å². The summed E-state index contributed by atoms with van der Waals surface area (Å²) in [7, 11) is 0. The molecule has 0 radical (unpaired) electrons. The van der Waals surface area contributed by atoms with Gasteiger partial charge in [0.05, 0.1) is 27.7 Å². The summed E-state index contributed by atoms with van der Waals surface area (Å²) in [5.41, 5.74) is 8.01. The molecular weight excluding hydrogens is 396 g/mol. The molecule has 1 amide bonds. The Morgan fingerprint density at radius 1 is 1.32 bits per heavy atom. The van der Waals surface area contributed by atoms with Gasteiger partial charge in [-0.15, -0.1) is 16.4 Å². The highest BCUT2D eigenvalue weighted by Crippen LogP contribution is 2.21. The van der Waals surface area contributed by atoms with E-state index in [0.717, 1.165) is 18.8 Å². The van der Waals surface area contributed by atoms with Crippen LogP contribution in [0.3, 0.4) is 0 Å². The lowest BCUT2D eigenvalue weighted by atomic mass is 10.1. The fourth-order valence-electron chi connectivity index (χ4n) is 2.88. The summed E-state index contributed by atoms with van der Waals surface area (Å²) in [6, 6.07) is 3.38. The van der Waals surface area contributed by atoms with Gasteiger partial charge in [0.25, 0.3) is 5.91 Å². The van der Waals surface area contributed by atoms with Gasteiger partial charge in [-0.25, -0.2) is 4.68 Å². The third-order valence-electron chi connectivity index (χ3n) is 4.41. The molecular formula is C19H23ClN6OS. The van der Waals surface area contributed by atoms with E-state index in [-0.39, 0.29) is 12.5 Å². The molecule has 3 rings (SSSR count). The molecule has 2 aromatic rings. The van der Waals surface area contributed by atoms with Crippen molar-refractivity contribution in [1.29, 1.82) is 0 Å². The summed E-state index contributed by atoms with van der Waals surface area (Å²) < 4.78 is 2.15. The number of carbonyl (C=O) groups is 1. The van der Waals surface area contributed by atoms with Crippen LogP contribution in [0.15, 0.2) is 49.0 Å². The molecule has 0 bridgehead atoms. The zero-order chi connectivity index (χ0) is 19.9. The number of carbonyl (C=O) groups excluding carboxylic acids is 1. The van der Waals surface area contributed by atoms with Crippen molar-refractivity contribution in [3.63, 3.8) is 0 Å². The zero-order valence-corrected chi connectivity index (χ0v) is 17.0. The Balaban J connectivity index is 1.57. The third-order valence-corrected chi connectivity index (χ3v) is 5.64. The molecule has 0 spiro atoms. The number of aromatic nitrogens is 3. The van der Waals surface area contributed by atoms with Crippen LogP contribution in [0.2, 0.25) is 4.34 Å². The SMILES string of the molecule is C=C(/C=C\C(=C/N)n1cc(CNC(=O)c2ccc(Cl)s2)nn1)N1CCCCC1. The molecule has 1 aliphatic heterocycles. The summed E-state index contributed by atoms with van der Waals surface area (Å²) in [4.78, 5) is 14.9. The van der Waals surface area contributed by atoms with Crippen LogP contribution in [0.5, 0.6) is 0 Å². The molecule has 3 N–H and O–H groups in total. The van der Waals surface area contributed by atoms with E-state index in [1.807, 2.05) is 12.2 Å². The molecule has 148 valence electrons. The number of thiophene rings is 1. The van der Waals surface area contributed by atoms with Gasteiger partial charge in [-0.05, 0) is 43.5 Å². The topological polar surface area (TPSA) is 89.1 Å². The van der Waals surface area contributed by atoms with Gasteiger partial charge in [-0.3, -0.25) is 4.79 Å². The molecule has 1 aliphatic rings. The van der Waals surface area contributed by atoms with E-state index < -0.39 is 0 Å². The van der Waals surface area contributed by atoms with Crippen molar-refractivity contribution in [3.05, 3.63) is 63.9 Å². The maximum Gasteiger partial charge on any atom is 0.261 e. The molecule has 7 nitrogen and oxygen atoms in total. The maximum absolute atomic E-state index is 12.1. The summed E-state index contributed by atoms with van der Waals surface area (Å²) in [5.74, 6) is -0.196. The van der Waals surface area contributed by atoms with Gasteiger partial charge in [-0.1, -0.05) is 23.4 Å². The first-order valence-electron chi connectivity index (χ1n) is 9.06. The average Bonchev–Trinajstić information content (AvgIpc) is 3.36. The molecule has 0 aliphatic carbocycles. The van der Waals surface area contributed by atoms with Crippen LogP contribution in [-0.2, 0) is 6.54 Å². The number of nitrogens with zero attached hydrogens (tertiary/aromatic N) is 4. The van der Waals surface area contributed by atoms with Crippen molar-refractivity contribution < 1.29 is 4.79 Å². The summed E-state index contributed by atoms with van der Waals surface area (Å²) in [6.45, 7) is 6.46. The molecule has 3 heterocycles. The Labute approximate surface area is 173 Å². The van der Waals surface area contributed by atoms with E-state index in [4.69, 9.17) is 17.3 Å². The minimum Gasteiger partial charge on any atom is -0.403 e. The number of allylic oxidation sites excluding steroid dienone is 3. The molecule has 0 saturated carbocycles. The minimum absolute atomic E-state index is 0.196. The molecule has 0 aromatic carbocycles. The van der Waals surface area contributed by atoms with Crippen LogP contribution in [0.25, 0.3) is 5.70 Å². The highest BCUT2D eigenvalue weighted by atomic mass is 35.5. The van der Waals surface area contributed by atoms with Crippen LogP contribution < -0.4 is 11.1 Å². The van der Waals surface area contributed by atoms with Crippen molar-refractivity contribution in [2.24, 2.45) is 5.73 Å². The van der Waals surface area contributed by atoms with Crippen molar-refractivity contribution in [1.82, 2.24) is 25.2 Å². The highest BCUT2D eigenvalue weighted by molar-refractivity contribution is 7.17. The monoisotopic (exact) mass is 418 g/mol. The Kier molecular flexibility index (Phi) is 6.89. The standard InChI is InChI=1S/C19H23ClN6OS/c1-14(25-9-3-2-4-10-25)5-6-16(11-21)26-13-15(23-24-26)12-22-19(27)17-7-8-18(20)28-17/h5-8,11,13H,1-4,9-10,12,21H2,(H,22,27)/b6-5-,16-11+. The maximum atomic E-state index is 12.1. The second-order valence-electron chi connectivity index (χ2n) is 6.40. The molecule has 2 aromatic heterocycles. The van der Waals surface area contributed by atoms with E-state index in [9.17, 15) is 4.79 Å². The second kappa shape index (κ2) is 9.57. The molecule has 28 heavy (non-hydrogen) atoms. The highest BCUT2D eigenvalue weighted by Gasteiger charge is 2.11. The zero-order valence-electron chi connectivity index (χ0n) is 15.5. The van der Waals surface area contributed by atoms with Gasteiger partial charge >= 0.3 is 0 Å². The number of nitrogens with two attached hydrogens (primary N) is 1. The number of piperidine rings is 1. The first-order chi connectivity index (χ1) is 13.6. The van der Waals surface area contributed by atoms with Gasteiger partial charge in [0.1, 0.15) is 5.69 Å². The normalized spacial score (nSPS) is 15.2. The van der Waals surface area contributed by atoms with Crippen molar-refractivity contribution in [2.75, 3.05) is 13.1 Å². The predicted octanol–water partition coefficient (Wildman–Crippen LogP) is 3.24. The number of hydrogen-bond acceptors (Lipinski definition) is 6. The fraction of sp³-hybridized carbons (Fsp3) is 0.316. The molecule has 1 fully saturated rings. The van der Waals surface area contributed by atoms with Gasteiger partial charge in [-0.2, -0.15) is 0 Å². The van der Waals surface area contributed by atoms with Crippen molar-refractivity contribution >= 4 is 34.5 Å². The third kappa shape index (κ3) is 5.24. The summed E-state index contributed by atoms with van der Waals surface area (Å²) in [6.07, 6.45) is 10.7. The second-order valence-corrected chi connectivity index (χ2v) is 8.12. The van der Waals surface area contributed by atoms with E-state index in [1.54, 1.807) is 23.0 Å². The Hall–Kier alpha value is -2.58. The average molecular weight is 419 g/mol. The smallest absolute Gasteiger partial charge is 0.261 e. The molecule has 0 unspecified atom stereocenters. The summed E-state index contributed by atoms with van der Waals surface area (Å²) in [5, 5.41) is 11.0. The number of amides is 1. The lowest BCUT2D eigenvalue weighted by molar-refractivity contribution is 0.0954. The number of hydrogen-bond donors (Lipinski definition) is 2. The lowest BCUT2D eigenvalue weighted by Gasteiger charge is -2.28. The van der Waals surface area contributed by atoms with Crippen LogP contribution in [0, 0.1) is 0 Å². The number of rotatable bonds is 7. The Bertz CT molecular complexity index is 894.